The topological polar surface area (TPSA) is 29.5 Å². The summed E-state index contributed by atoms with van der Waals surface area (Å²) in [7, 11) is 0. The monoisotopic (exact) mass is 325 g/mol. The lowest BCUT2D eigenvalue weighted by atomic mass is 9.91. The molecule has 0 aliphatic carbocycles. The number of benzene rings is 1. The Morgan fingerprint density at radius 2 is 2.09 bits per heavy atom. The van der Waals surface area contributed by atoms with E-state index in [1.54, 1.807) is 0 Å². The van der Waals surface area contributed by atoms with E-state index in [1.165, 1.54) is 12.1 Å². The van der Waals surface area contributed by atoms with Crippen LogP contribution in [0.1, 0.15) is 45.6 Å². The first-order valence-corrected chi connectivity index (χ1v) is 8.08. The van der Waals surface area contributed by atoms with Gasteiger partial charge < -0.3 is 9.64 Å². The molecule has 0 saturated carbocycles. The fourth-order valence-electron chi connectivity index (χ4n) is 2.73. The number of hydrogen-bond acceptors (Lipinski definition) is 2. The summed E-state index contributed by atoms with van der Waals surface area (Å²) in [6, 6.07) is 4.08. The normalized spacial score (nSPS) is 19.0. The molecule has 1 fully saturated rings. The fraction of sp³-hybridized carbons (Fsp3) is 0.611. The number of carbonyl (C=O) groups excluding carboxylic acids is 1. The smallest absolute Gasteiger partial charge is 0.223 e. The van der Waals surface area contributed by atoms with Gasteiger partial charge in [0.15, 0.2) is 11.6 Å². The maximum Gasteiger partial charge on any atom is 0.223 e. The van der Waals surface area contributed by atoms with Crippen LogP contribution >= 0.6 is 0 Å². The number of amides is 1. The van der Waals surface area contributed by atoms with E-state index < -0.39 is 11.6 Å². The zero-order chi connectivity index (χ0) is 17.0. The molecule has 5 heteroatoms. The summed E-state index contributed by atoms with van der Waals surface area (Å²) >= 11 is 0. The minimum absolute atomic E-state index is 0.0234. The molecule has 1 unspecified atom stereocenters. The van der Waals surface area contributed by atoms with Gasteiger partial charge in [0.1, 0.15) is 0 Å². The standard InChI is InChI=1S/C18H25F2NO2/c1-18(2,3)10-16(22)21-9-5-7-14(11-21)23-12-13-6-4-8-15(19)17(13)20/h4,6,8,14H,5,7,9-12H2,1-3H3. The maximum absolute atomic E-state index is 13.6. The molecule has 23 heavy (non-hydrogen) atoms. The quantitative estimate of drug-likeness (QED) is 0.840. The number of piperidine rings is 1. The first kappa shape index (κ1) is 17.9. The molecule has 128 valence electrons. The summed E-state index contributed by atoms with van der Waals surface area (Å²) < 4.78 is 32.5. The lowest BCUT2D eigenvalue weighted by Gasteiger charge is -2.34. The van der Waals surface area contributed by atoms with Crippen molar-refractivity contribution in [2.45, 2.75) is 52.7 Å². The zero-order valence-corrected chi connectivity index (χ0v) is 14.1. The van der Waals surface area contributed by atoms with Crippen LogP contribution in [-0.2, 0) is 16.1 Å². The van der Waals surface area contributed by atoms with Crippen molar-refractivity contribution in [3.63, 3.8) is 0 Å². The molecule has 1 aromatic carbocycles. The summed E-state index contributed by atoms with van der Waals surface area (Å²) in [6.07, 6.45) is 2.07. The number of hydrogen-bond donors (Lipinski definition) is 0. The van der Waals surface area contributed by atoms with Gasteiger partial charge in [0.25, 0.3) is 0 Å². The Kier molecular flexibility index (Phi) is 5.74. The first-order valence-electron chi connectivity index (χ1n) is 8.08. The van der Waals surface area contributed by atoms with Crippen LogP contribution in [0.15, 0.2) is 18.2 Å². The van der Waals surface area contributed by atoms with Crippen LogP contribution in [0, 0.1) is 17.0 Å². The van der Waals surface area contributed by atoms with Crippen LogP contribution in [0.25, 0.3) is 0 Å². The van der Waals surface area contributed by atoms with E-state index in [1.807, 2.05) is 25.7 Å². The fourth-order valence-corrected chi connectivity index (χ4v) is 2.73. The van der Waals surface area contributed by atoms with E-state index in [2.05, 4.69) is 0 Å². The van der Waals surface area contributed by atoms with E-state index in [-0.39, 0.29) is 29.6 Å². The number of carbonyl (C=O) groups is 1. The second kappa shape index (κ2) is 7.39. The maximum atomic E-state index is 13.6. The lowest BCUT2D eigenvalue weighted by molar-refractivity contribution is -0.137. The Hall–Kier alpha value is -1.49. The van der Waals surface area contributed by atoms with Crippen LogP contribution < -0.4 is 0 Å². The number of halogens is 2. The Balaban J connectivity index is 1.89. The van der Waals surface area contributed by atoms with Crippen molar-refractivity contribution in [3.05, 3.63) is 35.4 Å². The molecule has 0 N–H and O–H groups in total. The number of rotatable bonds is 4. The summed E-state index contributed by atoms with van der Waals surface area (Å²) in [4.78, 5) is 14.1. The highest BCUT2D eigenvalue weighted by atomic mass is 19.2. The molecule has 1 atom stereocenters. The third kappa shape index (κ3) is 5.27. The molecule has 2 rings (SSSR count). The van der Waals surface area contributed by atoms with Gasteiger partial charge in [-0.05, 0) is 24.3 Å². The average Bonchev–Trinajstić information content (AvgIpc) is 2.47. The van der Waals surface area contributed by atoms with Gasteiger partial charge in [0.2, 0.25) is 5.91 Å². The summed E-state index contributed by atoms with van der Waals surface area (Å²) in [6.45, 7) is 7.39. The van der Waals surface area contributed by atoms with E-state index in [0.717, 1.165) is 25.5 Å². The molecule has 1 aliphatic heterocycles. The van der Waals surface area contributed by atoms with Gasteiger partial charge in [-0.2, -0.15) is 0 Å². The molecular formula is C18H25F2NO2. The lowest BCUT2D eigenvalue weighted by Crippen LogP contribution is -2.44. The van der Waals surface area contributed by atoms with Crippen molar-refractivity contribution in [1.82, 2.24) is 4.90 Å². The van der Waals surface area contributed by atoms with Crippen LogP contribution in [0.2, 0.25) is 0 Å². The Bertz CT molecular complexity index is 554. The van der Waals surface area contributed by atoms with Crippen LogP contribution in [0.4, 0.5) is 8.78 Å². The molecule has 1 aliphatic rings. The van der Waals surface area contributed by atoms with Crippen LogP contribution in [0.5, 0.6) is 0 Å². The van der Waals surface area contributed by atoms with Gasteiger partial charge in [0.05, 0.1) is 12.7 Å². The predicted molar refractivity (Wildman–Crippen MR) is 84.8 cm³/mol. The SMILES string of the molecule is CC(C)(C)CC(=O)N1CCCC(OCc2cccc(F)c2F)C1. The van der Waals surface area contributed by atoms with Crippen LogP contribution in [-0.4, -0.2) is 30.0 Å². The predicted octanol–water partition coefficient (Wildman–Crippen LogP) is 3.91. The second-order valence-corrected chi connectivity index (χ2v) is 7.37. The Morgan fingerprint density at radius 1 is 1.35 bits per heavy atom. The van der Waals surface area contributed by atoms with Crippen molar-refractivity contribution in [1.29, 1.82) is 0 Å². The molecule has 0 bridgehead atoms. The van der Waals surface area contributed by atoms with Crippen molar-refractivity contribution >= 4 is 5.91 Å². The highest BCUT2D eigenvalue weighted by Gasteiger charge is 2.27. The zero-order valence-electron chi connectivity index (χ0n) is 14.1. The number of nitrogens with zero attached hydrogens (tertiary/aromatic N) is 1. The van der Waals surface area contributed by atoms with Gasteiger partial charge in [0, 0.05) is 25.1 Å². The number of ether oxygens (including phenoxy) is 1. The molecule has 0 radical (unpaired) electrons. The molecule has 0 spiro atoms. The largest absolute Gasteiger partial charge is 0.372 e. The molecule has 3 nitrogen and oxygen atoms in total. The van der Waals surface area contributed by atoms with Crippen LogP contribution in [0.3, 0.4) is 0 Å². The van der Waals surface area contributed by atoms with E-state index in [0.29, 0.717) is 13.0 Å². The molecule has 1 aromatic rings. The van der Waals surface area contributed by atoms with Gasteiger partial charge in [-0.15, -0.1) is 0 Å². The highest BCUT2D eigenvalue weighted by Crippen LogP contribution is 2.23. The number of likely N-dealkylation sites (tertiary alicyclic amines) is 1. The third-order valence-corrected chi connectivity index (χ3v) is 3.92. The molecule has 1 amide bonds. The summed E-state index contributed by atoms with van der Waals surface area (Å²) in [5.74, 6) is -1.59. The summed E-state index contributed by atoms with van der Waals surface area (Å²) in [5.41, 5.74) is 0.165. The minimum atomic E-state index is -0.864. The molecule has 1 heterocycles. The second-order valence-electron chi connectivity index (χ2n) is 7.37. The van der Waals surface area contributed by atoms with Gasteiger partial charge in [-0.1, -0.05) is 32.9 Å². The van der Waals surface area contributed by atoms with Gasteiger partial charge in [-0.25, -0.2) is 8.78 Å². The highest BCUT2D eigenvalue weighted by molar-refractivity contribution is 5.76. The van der Waals surface area contributed by atoms with Gasteiger partial charge in [-0.3, -0.25) is 4.79 Å². The van der Waals surface area contributed by atoms with E-state index in [9.17, 15) is 13.6 Å². The molecule has 0 aromatic heterocycles. The van der Waals surface area contributed by atoms with Crippen molar-refractivity contribution in [2.75, 3.05) is 13.1 Å². The molecular weight excluding hydrogens is 300 g/mol. The van der Waals surface area contributed by atoms with Crippen molar-refractivity contribution in [3.8, 4) is 0 Å². The van der Waals surface area contributed by atoms with Gasteiger partial charge >= 0.3 is 0 Å². The third-order valence-electron chi connectivity index (χ3n) is 3.92. The minimum Gasteiger partial charge on any atom is -0.372 e. The van der Waals surface area contributed by atoms with Crippen molar-refractivity contribution in [2.24, 2.45) is 5.41 Å². The Labute approximate surface area is 136 Å². The van der Waals surface area contributed by atoms with E-state index in [4.69, 9.17) is 4.74 Å². The average molecular weight is 325 g/mol. The Morgan fingerprint density at radius 3 is 2.78 bits per heavy atom. The summed E-state index contributed by atoms with van der Waals surface area (Å²) in [5, 5.41) is 0. The van der Waals surface area contributed by atoms with Crippen molar-refractivity contribution < 1.29 is 18.3 Å². The van der Waals surface area contributed by atoms with E-state index >= 15 is 0 Å². The first-order chi connectivity index (χ1) is 10.8. The molecule has 1 saturated heterocycles.